The molecule has 36 atom stereocenters. The van der Waals surface area contributed by atoms with Crippen molar-refractivity contribution in [2.24, 2.45) is 50.2 Å². The summed E-state index contributed by atoms with van der Waals surface area (Å²) < 4.78 is 71.5. The van der Waals surface area contributed by atoms with Crippen LogP contribution in [0, 0.1) is 50.2 Å². The van der Waals surface area contributed by atoms with Gasteiger partial charge in [0.2, 0.25) is 6.29 Å². The molecule has 11 aliphatic rings. The molecule has 10 fully saturated rings. The lowest BCUT2D eigenvalue weighted by atomic mass is 9.33. The standard InChI is InChI=1S/C64H104O30/c1-25-36(68)42(74)47(79)53(87-25)92-50-38(70)29(67)22-84-57(50)91-35-12-13-61(6)33(60(35,4)5)11-14-63(8)34(61)10-9-26-27-19-59(2,3)15-17-64(27,18-16-62(26,63)7)58(82)94-55-49(81)44(76)40(72)31(89-55)24-86-56-51(93-54-48(80)43(75)39(71)30(20-65)88-54)45(77)41(73)32(90-56)23-85-52-46(78)37(69)28(66)21-83-52/h9,25,27-57,65-81H,10-24H2,1-8H3/t25-,27-,28+,29+,30+,31+,32+,33-,34+,35-,36-,37-,38-,39+,40+,41+,42+,43-,44-,45-,46+,47+,48+,49+,50+,51+,52-,53-,54-,55-,56+,57-,61-,62+,63+,64-/m0/s1. The Morgan fingerprint density at radius 1 is 0.500 bits per heavy atom. The molecule has 30 heteroatoms. The molecule has 17 N–H and O–H groups in total. The van der Waals surface area contributed by atoms with Crippen molar-refractivity contribution in [2.45, 2.75) is 298 Å². The second-order valence-electron chi connectivity index (χ2n) is 31.1. The third-order valence-corrected chi connectivity index (χ3v) is 24.8. The lowest BCUT2D eigenvalue weighted by Gasteiger charge is -2.71. The van der Waals surface area contributed by atoms with Crippen LogP contribution in [-0.2, 0) is 61.6 Å². The monoisotopic (exact) mass is 1350 g/mol. The van der Waals surface area contributed by atoms with Crippen LogP contribution in [0.5, 0.6) is 0 Å². The Kier molecular flexibility index (Phi) is 21.4. The summed E-state index contributed by atoms with van der Waals surface area (Å²) in [6, 6.07) is 0. The lowest BCUT2D eigenvalue weighted by Crippen LogP contribution is -2.66. The van der Waals surface area contributed by atoms with Crippen molar-refractivity contribution in [1.82, 2.24) is 0 Å². The van der Waals surface area contributed by atoms with Gasteiger partial charge in [0.1, 0.15) is 128 Å². The van der Waals surface area contributed by atoms with Crippen molar-refractivity contribution in [3.8, 4) is 0 Å². The zero-order valence-corrected chi connectivity index (χ0v) is 54.6. The number of allylic oxidation sites excluding steroid dienone is 2. The molecule has 0 aromatic heterocycles. The number of aliphatic hydroxyl groups is 17. The second kappa shape index (κ2) is 27.5. The highest BCUT2D eigenvalue weighted by Crippen LogP contribution is 2.76. The first-order chi connectivity index (χ1) is 44.0. The number of rotatable bonds is 15. The third-order valence-electron chi connectivity index (χ3n) is 24.8. The molecule has 5 aliphatic carbocycles. The molecule has 6 saturated heterocycles. The van der Waals surface area contributed by atoms with E-state index in [1.54, 1.807) is 0 Å². The Labute approximate surface area is 545 Å². The first-order valence-corrected chi connectivity index (χ1v) is 33.5. The largest absolute Gasteiger partial charge is 0.432 e. The van der Waals surface area contributed by atoms with Gasteiger partial charge in [-0.3, -0.25) is 4.79 Å². The van der Waals surface area contributed by atoms with Crippen LogP contribution >= 0.6 is 0 Å². The van der Waals surface area contributed by atoms with Gasteiger partial charge in [-0.05, 0) is 116 Å². The maximum atomic E-state index is 15.5. The van der Waals surface area contributed by atoms with E-state index in [1.165, 1.54) is 12.5 Å². The lowest BCUT2D eigenvalue weighted by molar-refractivity contribution is -0.376. The van der Waals surface area contributed by atoms with Crippen molar-refractivity contribution >= 4 is 5.97 Å². The molecule has 0 aromatic rings. The molecule has 0 radical (unpaired) electrons. The van der Waals surface area contributed by atoms with Gasteiger partial charge in [-0.25, -0.2) is 0 Å². The molecule has 6 heterocycles. The topological polar surface area (TPSA) is 472 Å². The molecular formula is C64H104O30. The summed E-state index contributed by atoms with van der Waals surface area (Å²) in [6.07, 6.45) is -38.1. The van der Waals surface area contributed by atoms with Crippen LogP contribution in [0.1, 0.15) is 120 Å². The van der Waals surface area contributed by atoms with Crippen LogP contribution in [0.3, 0.4) is 0 Å². The van der Waals surface area contributed by atoms with Gasteiger partial charge < -0.3 is 144 Å². The predicted octanol–water partition coefficient (Wildman–Crippen LogP) is -4.08. The van der Waals surface area contributed by atoms with E-state index in [1.807, 2.05) is 0 Å². The highest BCUT2D eigenvalue weighted by molar-refractivity contribution is 5.79. The number of carbonyl (C=O) groups excluding carboxylic acids is 1. The Hall–Kier alpha value is -1.91. The average Bonchev–Trinajstić information content (AvgIpc) is 0.677. The molecule has 94 heavy (non-hydrogen) atoms. The Morgan fingerprint density at radius 2 is 1.02 bits per heavy atom. The number of esters is 1. The molecule has 0 bridgehead atoms. The fourth-order valence-corrected chi connectivity index (χ4v) is 18.6. The quantitative estimate of drug-likeness (QED) is 0.0421. The Morgan fingerprint density at radius 3 is 1.67 bits per heavy atom. The van der Waals surface area contributed by atoms with E-state index in [0.29, 0.717) is 38.5 Å². The van der Waals surface area contributed by atoms with E-state index >= 15 is 4.79 Å². The number of fused-ring (bicyclic) bond motifs is 7. The SMILES string of the molecule is C[C@@H]1O[C@@H](O[C@H]2[C@H](O[C@H]3CC[C@]4(C)[C@H]5CC=C6[C@@H]7CC(C)(C)CC[C@]7(C(=O)O[C@@H]7O[C@H](CO[C@@H]8O[C@H](CO[C@@H]9OC[C@@H](O)[C@H](O)[C@H]9O)[C@@H](O)[C@H](O)[C@H]8O[C@@H]8O[C@H](CO)[C@@H](O)[C@H](O)[C@H]8O)[C@@H](O)[C@H](O)[C@H]7O)CC[C@@]6(C)[C@]5(C)CC[C@H]4C3(C)C)OC[C@@H](O)[C@@H]2O)[C@H](O)[C@H](O)[C@H]1O. The van der Waals surface area contributed by atoms with Crippen LogP contribution in [0.4, 0.5) is 0 Å². The van der Waals surface area contributed by atoms with Crippen LogP contribution in [0.15, 0.2) is 11.6 Å². The highest BCUT2D eigenvalue weighted by Gasteiger charge is 2.70. The van der Waals surface area contributed by atoms with Gasteiger partial charge in [0.25, 0.3) is 0 Å². The van der Waals surface area contributed by atoms with Crippen molar-refractivity contribution in [3.05, 3.63) is 11.6 Å². The molecule has 0 amide bonds. The summed E-state index contributed by atoms with van der Waals surface area (Å²) in [4.78, 5) is 15.5. The minimum Gasteiger partial charge on any atom is -0.432 e. The molecule has 540 valence electrons. The van der Waals surface area contributed by atoms with Gasteiger partial charge in [-0.15, -0.1) is 0 Å². The van der Waals surface area contributed by atoms with Crippen molar-refractivity contribution < 1.29 is 148 Å². The normalized spacial score (nSPS) is 54.2. The molecule has 30 nitrogen and oxygen atoms in total. The van der Waals surface area contributed by atoms with Crippen LogP contribution in [-0.4, -0.2) is 304 Å². The van der Waals surface area contributed by atoms with Gasteiger partial charge >= 0.3 is 5.97 Å². The van der Waals surface area contributed by atoms with Gasteiger partial charge in [0.15, 0.2) is 31.5 Å². The summed E-state index contributed by atoms with van der Waals surface area (Å²) in [6.45, 7) is 14.4. The van der Waals surface area contributed by atoms with Crippen LogP contribution in [0.25, 0.3) is 0 Å². The molecule has 4 saturated carbocycles. The minimum absolute atomic E-state index is 0.134. The van der Waals surface area contributed by atoms with E-state index in [2.05, 4.69) is 54.5 Å². The van der Waals surface area contributed by atoms with Crippen molar-refractivity contribution in [1.29, 1.82) is 0 Å². The van der Waals surface area contributed by atoms with E-state index < -0.39 is 227 Å². The van der Waals surface area contributed by atoms with E-state index in [0.717, 1.165) is 25.7 Å². The molecule has 11 rings (SSSR count). The summed E-state index contributed by atoms with van der Waals surface area (Å²) in [5, 5.41) is 184. The number of carbonyl (C=O) groups is 1. The highest BCUT2D eigenvalue weighted by atomic mass is 16.8. The molecule has 6 aliphatic heterocycles. The Bertz CT molecular complexity index is 2640. The minimum atomic E-state index is -2.03. The number of ether oxygens (including phenoxy) is 12. The first kappa shape index (κ1) is 73.3. The first-order valence-electron chi connectivity index (χ1n) is 33.5. The maximum Gasteiger partial charge on any atom is 0.315 e. The van der Waals surface area contributed by atoms with Gasteiger partial charge in [0.05, 0.1) is 50.7 Å². The maximum absolute atomic E-state index is 15.5. The summed E-state index contributed by atoms with van der Waals surface area (Å²) in [5.74, 6) is -0.652. The Balaban J connectivity index is 0.795. The van der Waals surface area contributed by atoms with Gasteiger partial charge in [-0.2, -0.15) is 0 Å². The third kappa shape index (κ3) is 12.7. The predicted molar refractivity (Wildman–Crippen MR) is 315 cm³/mol. The smallest absolute Gasteiger partial charge is 0.315 e. The molecular weight excluding hydrogens is 1250 g/mol. The second-order valence-corrected chi connectivity index (χ2v) is 31.1. The summed E-state index contributed by atoms with van der Waals surface area (Å²) in [7, 11) is 0. The zero-order chi connectivity index (χ0) is 68.4. The fourth-order valence-electron chi connectivity index (χ4n) is 18.6. The van der Waals surface area contributed by atoms with Crippen molar-refractivity contribution in [3.63, 3.8) is 0 Å². The number of hydrogen-bond acceptors (Lipinski definition) is 30. The number of hydrogen-bond donors (Lipinski definition) is 17. The molecule has 0 aromatic carbocycles. The van der Waals surface area contributed by atoms with E-state index in [4.69, 9.17) is 56.8 Å². The van der Waals surface area contributed by atoms with Crippen LogP contribution in [0.2, 0.25) is 0 Å². The number of aliphatic hydroxyl groups excluding tert-OH is 17. The average molecular weight is 1350 g/mol. The molecule has 0 spiro atoms. The van der Waals surface area contributed by atoms with Gasteiger partial charge in [-0.1, -0.05) is 60.1 Å². The van der Waals surface area contributed by atoms with Crippen LogP contribution < -0.4 is 0 Å². The van der Waals surface area contributed by atoms with E-state index in [-0.39, 0.29) is 40.6 Å². The summed E-state index contributed by atoms with van der Waals surface area (Å²) >= 11 is 0. The fraction of sp³-hybridized carbons (Fsp3) is 0.953. The van der Waals surface area contributed by atoms with Crippen molar-refractivity contribution in [2.75, 3.05) is 33.0 Å². The zero-order valence-electron chi connectivity index (χ0n) is 54.6. The van der Waals surface area contributed by atoms with Gasteiger partial charge in [0, 0.05) is 0 Å². The molecule has 0 unspecified atom stereocenters. The summed E-state index contributed by atoms with van der Waals surface area (Å²) in [5.41, 5.74) is -1.47. The van der Waals surface area contributed by atoms with E-state index in [9.17, 15) is 86.8 Å².